The molecule has 0 aromatic heterocycles. The summed E-state index contributed by atoms with van der Waals surface area (Å²) in [7, 11) is -4.30. The molecule has 0 spiro atoms. The molecule has 1 aliphatic rings. The van der Waals surface area contributed by atoms with Crippen LogP contribution in [0.25, 0.3) is 0 Å². The van der Waals surface area contributed by atoms with E-state index in [9.17, 15) is 52.7 Å². The van der Waals surface area contributed by atoms with Gasteiger partial charge < -0.3 is 0 Å². The van der Waals surface area contributed by atoms with Gasteiger partial charge in [0, 0.05) is 5.92 Å². The van der Waals surface area contributed by atoms with Crippen LogP contribution in [-0.4, -0.2) is 5.66 Å². The number of benzene rings is 5. The van der Waals surface area contributed by atoms with Crippen LogP contribution in [-0.2, 0) is 24.7 Å². The fraction of sp³-hybridized carbons (Fsp3) is 0.146. The topological polar surface area (TPSA) is 0 Å². The Morgan fingerprint density at radius 3 is 1.33 bits per heavy atom. The SMILES string of the molecule is C[C@H]([C]1[CH][CH][CH][C]1c1ccccc1P(c1ccccc1)c1ccccc1)P(c1ccc(C(F)(F)F)cc1C(F)(F)F)c1ccc(C(F)(F)F)cc1C(F)(F)F. The van der Waals surface area contributed by atoms with Crippen LogP contribution in [0.3, 0.4) is 0 Å². The molecule has 1 fully saturated rings. The van der Waals surface area contributed by atoms with Gasteiger partial charge in [-0.3, -0.25) is 0 Å². The summed E-state index contributed by atoms with van der Waals surface area (Å²) in [5, 5.41) is 0.890. The van der Waals surface area contributed by atoms with Crippen LogP contribution in [0.2, 0.25) is 0 Å². The Labute approximate surface area is 312 Å². The van der Waals surface area contributed by atoms with E-state index in [1.165, 1.54) is 13.3 Å². The van der Waals surface area contributed by atoms with Crippen molar-refractivity contribution in [2.75, 3.05) is 0 Å². The van der Waals surface area contributed by atoms with Gasteiger partial charge in [0.1, 0.15) is 0 Å². The third-order valence-electron chi connectivity index (χ3n) is 8.93. The van der Waals surface area contributed by atoms with Crippen LogP contribution >= 0.6 is 15.8 Å². The first-order valence-electron chi connectivity index (χ1n) is 16.4. The number of rotatable bonds is 8. The van der Waals surface area contributed by atoms with E-state index >= 15 is 0 Å². The maximum atomic E-state index is 14.7. The molecule has 0 N–H and O–H groups in total. The molecule has 14 heteroatoms. The number of hydrogen-bond acceptors (Lipinski definition) is 0. The van der Waals surface area contributed by atoms with E-state index < -0.39 is 79.1 Å². The highest BCUT2D eigenvalue weighted by Gasteiger charge is 2.47. The zero-order valence-corrected chi connectivity index (χ0v) is 30.1. The maximum Gasteiger partial charge on any atom is 0.417 e. The molecule has 6 rings (SSSR count). The Balaban J connectivity index is 1.56. The summed E-state index contributed by atoms with van der Waals surface area (Å²) in [5.41, 5.74) is -7.74. The second-order valence-corrected chi connectivity index (χ2v) is 17.1. The number of halogens is 12. The van der Waals surface area contributed by atoms with Crippen molar-refractivity contribution in [3.63, 3.8) is 0 Å². The van der Waals surface area contributed by atoms with Crippen molar-refractivity contribution in [3.8, 4) is 0 Å². The van der Waals surface area contributed by atoms with Gasteiger partial charge in [0.2, 0.25) is 0 Å². The number of alkyl halides is 12. The maximum absolute atomic E-state index is 14.7. The van der Waals surface area contributed by atoms with Gasteiger partial charge >= 0.3 is 24.7 Å². The highest BCUT2D eigenvalue weighted by molar-refractivity contribution is 7.80. The lowest BCUT2D eigenvalue weighted by Crippen LogP contribution is -2.34. The second kappa shape index (κ2) is 15.6. The summed E-state index contributed by atoms with van der Waals surface area (Å²) in [5.74, 6) is 0.701. The van der Waals surface area contributed by atoms with E-state index in [-0.39, 0.29) is 18.1 Å². The Morgan fingerprint density at radius 1 is 0.455 bits per heavy atom. The first-order chi connectivity index (χ1) is 25.8. The monoisotopic (exact) mass is 809 g/mol. The van der Waals surface area contributed by atoms with Gasteiger partial charge in [-0.25, -0.2) is 0 Å². The van der Waals surface area contributed by atoms with E-state index in [4.69, 9.17) is 0 Å². The quantitative estimate of drug-likeness (QED) is 0.108. The largest absolute Gasteiger partial charge is 0.417 e. The van der Waals surface area contributed by atoms with Gasteiger partial charge in [0.05, 0.1) is 22.3 Å². The molecule has 1 saturated carbocycles. The van der Waals surface area contributed by atoms with Crippen LogP contribution in [0, 0.1) is 31.1 Å². The Kier molecular flexibility index (Phi) is 11.5. The van der Waals surface area contributed by atoms with Crippen LogP contribution in [0.5, 0.6) is 0 Å². The lowest BCUT2D eigenvalue weighted by atomic mass is 9.87. The van der Waals surface area contributed by atoms with Gasteiger partial charge in [0.25, 0.3) is 0 Å². The van der Waals surface area contributed by atoms with Crippen LogP contribution in [0.15, 0.2) is 121 Å². The summed E-state index contributed by atoms with van der Waals surface area (Å²) < 4.78 is 171. The van der Waals surface area contributed by atoms with E-state index in [2.05, 4.69) is 0 Å². The van der Waals surface area contributed by atoms with Crippen LogP contribution in [0.1, 0.15) is 34.7 Å². The molecule has 0 amide bonds. The van der Waals surface area contributed by atoms with E-state index in [0.29, 0.717) is 35.7 Å². The molecule has 0 nitrogen and oxygen atoms in total. The summed E-state index contributed by atoms with van der Waals surface area (Å²) in [6, 6.07) is 27.4. The van der Waals surface area contributed by atoms with Gasteiger partial charge in [-0.1, -0.05) is 104 Å². The summed E-state index contributed by atoms with van der Waals surface area (Å²) >= 11 is 0. The van der Waals surface area contributed by atoms with Crippen molar-refractivity contribution >= 4 is 42.4 Å². The van der Waals surface area contributed by atoms with Gasteiger partial charge in [0.15, 0.2) is 0 Å². The first kappa shape index (κ1) is 40.8. The predicted molar refractivity (Wildman–Crippen MR) is 192 cm³/mol. The average molecular weight is 810 g/mol. The zero-order valence-electron chi connectivity index (χ0n) is 28.3. The van der Waals surface area contributed by atoms with E-state index in [0.717, 1.165) is 15.9 Å². The number of hydrogen-bond donors (Lipinski definition) is 0. The summed E-state index contributed by atoms with van der Waals surface area (Å²) in [6.45, 7) is 1.35. The highest BCUT2D eigenvalue weighted by atomic mass is 31.1. The minimum Gasteiger partial charge on any atom is -0.166 e. The third-order valence-corrected chi connectivity index (χ3v) is 14.3. The minimum absolute atomic E-state index is 0.164. The molecule has 5 radical (unpaired) electrons. The molecule has 0 saturated heterocycles. The van der Waals surface area contributed by atoms with Crippen molar-refractivity contribution in [1.82, 2.24) is 0 Å². The van der Waals surface area contributed by atoms with E-state index in [1.807, 2.05) is 66.7 Å². The molecule has 1 atom stereocenters. The third kappa shape index (κ3) is 8.76. The summed E-state index contributed by atoms with van der Waals surface area (Å²) in [4.78, 5) is 0. The molecule has 5 aromatic rings. The molecule has 0 bridgehead atoms. The molecule has 285 valence electrons. The molecule has 0 unspecified atom stereocenters. The fourth-order valence-electron chi connectivity index (χ4n) is 6.51. The normalized spacial score (nSPS) is 15.6. The lowest BCUT2D eigenvalue weighted by Gasteiger charge is -2.36. The first-order valence-corrected chi connectivity index (χ1v) is 19.1. The van der Waals surface area contributed by atoms with Crippen LogP contribution in [0.4, 0.5) is 52.7 Å². The zero-order chi connectivity index (χ0) is 39.9. The summed E-state index contributed by atoms with van der Waals surface area (Å²) in [6.07, 6.45) is -16.7. The van der Waals surface area contributed by atoms with Crippen molar-refractivity contribution in [2.45, 2.75) is 37.3 Å². The van der Waals surface area contributed by atoms with Gasteiger partial charge in [-0.2, -0.15) is 52.7 Å². The second-order valence-electron chi connectivity index (χ2n) is 12.4. The van der Waals surface area contributed by atoms with Crippen LogP contribution < -0.4 is 26.5 Å². The van der Waals surface area contributed by atoms with Gasteiger partial charge in [-0.05, 0) is 103 Å². The Morgan fingerprint density at radius 2 is 0.891 bits per heavy atom. The molecule has 5 aromatic carbocycles. The van der Waals surface area contributed by atoms with E-state index in [1.54, 1.807) is 31.0 Å². The average Bonchev–Trinajstić information content (AvgIpc) is 3.62. The molecule has 0 heterocycles. The predicted octanol–water partition coefficient (Wildman–Crippen LogP) is 11.2. The lowest BCUT2D eigenvalue weighted by molar-refractivity contribution is -0.144. The Bertz CT molecular complexity index is 1970. The molecular weight excluding hydrogens is 782 g/mol. The van der Waals surface area contributed by atoms with Crippen molar-refractivity contribution in [3.05, 3.63) is 180 Å². The van der Waals surface area contributed by atoms with Gasteiger partial charge in [-0.15, -0.1) is 0 Å². The Hall–Kier alpha value is -3.88. The standard InChI is InChI=1S/C41H27F12P2/c1-25(30-16-10-17-31(30)32-15-8-9-18-35(32)55(28-11-4-2-5-12-28)29-13-6-3-7-14-29)54(36-21-19-26(38(42,43)44)23-33(36)40(48,49)50)37-22-20-27(39(45,46)47)24-34(37)41(51,52)53/h2-25H,1H3/t25-/m1/s1. The molecular formula is C41H27F12P2. The molecule has 0 aliphatic heterocycles. The molecule has 55 heavy (non-hydrogen) atoms. The smallest absolute Gasteiger partial charge is 0.166 e. The fourth-order valence-corrected chi connectivity index (χ4v) is 11.9. The van der Waals surface area contributed by atoms with Crippen molar-refractivity contribution in [2.24, 2.45) is 0 Å². The van der Waals surface area contributed by atoms with Crippen molar-refractivity contribution in [1.29, 1.82) is 0 Å². The molecule has 1 aliphatic carbocycles. The minimum atomic E-state index is -5.48. The highest BCUT2D eigenvalue weighted by Crippen LogP contribution is 2.56. The van der Waals surface area contributed by atoms with Crippen molar-refractivity contribution < 1.29 is 52.7 Å².